The zero-order valence-corrected chi connectivity index (χ0v) is 13.3. The summed E-state index contributed by atoms with van der Waals surface area (Å²) >= 11 is 0. The molecule has 0 aliphatic heterocycles. The Kier molecular flexibility index (Phi) is 3.67. The van der Waals surface area contributed by atoms with Crippen molar-refractivity contribution in [1.82, 2.24) is 20.3 Å². The van der Waals surface area contributed by atoms with Crippen molar-refractivity contribution in [2.45, 2.75) is 25.9 Å². The van der Waals surface area contributed by atoms with Gasteiger partial charge in [0.25, 0.3) is 0 Å². The number of H-pyrrole nitrogens is 1. The van der Waals surface area contributed by atoms with Crippen LogP contribution >= 0.6 is 0 Å². The highest BCUT2D eigenvalue weighted by atomic mass is 15.3. The fourth-order valence-corrected chi connectivity index (χ4v) is 3.32. The van der Waals surface area contributed by atoms with E-state index in [0.717, 1.165) is 37.0 Å². The van der Waals surface area contributed by atoms with Crippen LogP contribution < -0.4 is 0 Å². The highest BCUT2D eigenvalue weighted by Gasteiger charge is 2.11. The third kappa shape index (κ3) is 2.90. The lowest BCUT2D eigenvalue weighted by Crippen LogP contribution is -2.18. The minimum atomic E-state index is 0.899. The van der Waals surface area contributed by atoms with Gasteiger partial charge in [-0.25, -0.2) is 0 Å². The maximum Gasteiger partial charge on any atom is 0.113 e. The second kappa shape index (κ2) is 5.97. The van der Waals surface area contributed by atoms with Crippen LogP contribution in [0, 0.1) is 0 Å². The molecule has 1 aliphatic carbocycles. The molecule has 4 heteroatoms. The number of allylic oxidation sites excluding steroid dienone is 1. The van der Waals surface area contributed by atoms with Crippen molar-refractivity contribution in [3.63, 3.8) is 0 Å². The van der Waals surface area contributed by atoms with E-state index in [9.17, 15) is 0 Å². The molecule has 1 N–H and O–H groups in total. The van der Waals surface area contributed by atoms with Gasteiger partial charge in [0.1, 0.15) is 11.0 Å². The molecule has 0 unspecified atom stereocenters. The Labute approximate surface area is 135 Å². The molecule has 0 bridgehead atoms. The molecule has 1 heterocycles. The summed E-state index contributed by atoms with van der Waals surface area (Å²) in [5.74, 6) is 0. The van der Waals surface area contributed by atoms with E-state index in [1.54, 1.807) is 0 Å². The standard InChI is InChI=1S/C19H20N4/c1-23(12-14-9-10-18-19(11-14)21-22-20-18)13-16-7-4-6-15-5-2-3-8-17(15)16/h3-4,6-11H,2,5,12-13H2,1H3,(H,20,21,22). The van der Waals surface area contributed by atoms with E-state index >= 15 is 0 Å². The summed E-state index contributed by atoms with van der Waals surface area (Å²) in [7, 11) is 2.17. The van der Waals surface area contributed by atoms with E-state index in [1.165, 1.54) is 22.3 Å². The summed E-state index contributed by atoms with van der Waals surface area (Å²) in [4.78, 5) is 2.35. The minimum absolute atomic E-state index is 0.899. The van der Waals surface area contributed by atoms with Gasteiger partial charge < -0.3 is 0 Å². The number of rotatable bonds is 4. The van der Waals surface area contributed by atoms with Gasteiger partial charge in [0.05, 0.1) is 0 Å². The first-order valence-electron chi connectivity index (χ1n) is 8.05. The van der Waals surface area contributed by atoms with E-state index in [1.807, 2.05) is 6.07 Å². The molecule has 4 nitrogen and oxygen atoms in total. The van der Waals surface area contributed by atoms with Crippen LogP contribution in [0.4, 0.5) is 0 Å². The average molecular weight is 304 g/mol. The van der Waals surface area contributed by atoms with E-state index in [-0.39, 0.29) is 0 Å². The van der Waals surface area contributed by atoms with Gasteiger partial charge in [0, 0.05) is 13.1 Å². The zero-order chi connectivity index (χ0) is 15.6. The third-order valence-corrected chi connectivity index (χ3v) is 4.43. The lowest BCUT2D eigenvalue weighted by molar-refractivity contribution is 0.319. The molecular formula is C19H20N4. The second-order valence-corrected chi connectivity index (χ2v) is 6.25. The van der Waals surface area contributed by atoms with E-state index in [4.69, 9.17) is 0 Å². The molecule has 0 spiro atoms. The van der Waals surface area contributed by atoms with Crippen molar-refractivity contribution in [2.75, 3.05) is 7.05 Å². The summed E-state index contributed by atoms with van der Waals surface area (Å²) < 4.78 is 0. The van der Waals surface area contributed by atoms with Gasteiger partial charge in [-0.3, -0.25) is 4.90 Å². The summed E-state index contributed by atoms with van der Waals surface area (Å²) in [6.45, 7) is 1.85. The Morgan fingerprint density at radius 3 is 2.96 bits per heavy atom. The van der Waals surface area contributed by atoms with Gasteiger partial charge in [-0.05, 0) is 54.3 Å². The molecule has 1 aromatic heterocycles. The second-order valence-electron chi connectivity index (χ2n) is 6.25. The van der Waals surface area contributed by atoms with Gasteiger partial charge >= 0.3 is 0 Å². The number of aromatic amines is 1. The van der Waals surface area contributed by atoms with Crippen LogP contribution in [0.25, 0.3) is 17.1 Å². The normalized spacial score (nSPS) is 13.7. The first-order chi connectivity index (χ1) is 11.3. The van der Waals surface area contributed by atoms with Crippen LogP contribution in [0.15, 0.2) is 42.5 Å². The number of hydrogen-bond acceptors (Lipinski definition) is 3. The van der Waals surface area contributed by atoms with Gasteiger partial charge in [0.15, 0.2) is 0 Å². The van der Waals surface area contributed by atoms with Crippen molar-refractivity contribution in [3.8, 4) is 0 Å². The molecular weight excluding hydrogens is 284 g/mol. The molecule has 1 aliphatic rings. The van der Waals surface area contributed by atoms with Gasteiger partial charge in [0.2, 0.25) is 0 Å². The maximum absolute atomic E-state index is 4.16. The van der Waals surface area contributed by atoms with Crippen molar-refractivity contribution < 1.29 is 0 Å². The number of aryl methyl sites for hydroxylation is 1. The fourth-order valence-electron chi connectivity index (χ4n) is 3.32. The predicted octanol–water partition coefficient (Wildman–Crippen LogP) is 3.55. The first-order valence-corrected chi connectivity index (χ1v) is 8.05. The fraction of sp³-hybridized carbons (Fsp3) is 0.263. The van der Waals surface area contributed by atoms with Crippen LogP contribution in [-0.4, -0.2) is 27.4 Å². The summed E-state index contributed by atoms with van der Waals surface area (Å²) in [5.41, 5.74) is 7.40. The molecule has 0 saturated carbocycles. The Morgan fingerprint density at radius 2 is 2.00 bits per heavy atom. The monoisotopic (exact) mass is 304 g/mol. The predicted molar refractivity (Wildman–Crippen MR) is 92.9 cm³/mol. The highest BCUT2D eigenvalue weighted by Crippen LogP contribution is 2.24. The largest absolute Gasteiger partial charge is 0.298 e. The zero-order valence-electron chi connectivity index (χ0n) is 13.3. The van der Waals surface area contributed by atoms with Crippen molar-refractivity contribution in [3.05, 3.63) is 64.7 Å². The van der Waals surface area contributed by atoms with Crippen molar-refractivity contribution in [1.29, 1.82) is 0 Å². The Hall–Kier alpha value is -2.46. The van der Waals surface area contributed by atoms with Crippen molar-refractivity contribution in [2.24, 2.45) is 0 Å². The smallest absolute Gasteiger partial charge is 0.113 e. The van der Waals surface area contributed by atoms with Crippen LogP contribution in [0.3, 0.4) is 0 Å². The SMILES string of the molecule is CN(Cc1ccc2n[nH]nc2c1)Cc1cccc2c1C=CCC2. The first kappa shape index (κ1) is 14.2. The van der Waals surface area contributed by atoms with E-state index in [0.29, 0.717) is 0 Å². The molecule has 0 fully saturated rings. The summed E-state index contributed by atoms with van der Waals surface area (Å²) in [6, 6.07) is 12.9. The van der Waals surface area contributed by atoms with Crippen LogP contribution in [-0.2, 0) is 19.5 Å². The number of benzene rings is 2. The Balaban J connectivity index is 1.52. The molecule has 116 valence electrons. The lowest BCUT2D eigenvalue weighted by Gasteiger charge is -2.21. The van der Waals surface area contributed by atoms with E-state index < -0.39 is 0 Å². The number of aromatic nitrogens is 3. The molecule has 0 atom stereocenters. The topological polar surface area (TPSA) is 44.8 Å². The molecule has 23 heavy (non-hydrogen) atoms. The van der Waals surface area contributed by atoms with Crippen LogP contribution in [0.5, 0.6) is 0 Å². The minimum Gasteiger partial charge on any atom is -0.298 e. The van der Waals surface area contributed by atoms with Gasteiger partial charge in [-0.1, -0.05) is 36.4 Å². The number of nitrogens with zero attached hydrogens (tertiary/aromatic N) is 3. The molecule has 0 amide bonds. The summed E-state index contributed by atoms with van der Waals surface area (Å²) in [6.07, 6.45) is 6.88. The molecule has 0 saturated heterocycles. The van der Waals surface area contributed by atoms with Gasteiger partial charge in [-0.2, -0.15) is 15.4 Å². The third-order valence-electron chi connectivity index (χ3n) is 4.43. The maximum atomic E-state index is 4.16. The molecule has 3 aromatic rings. The average Bonchev–Trinajstić information content (AvgIpc) is 3.03. The lowest BCUT2D eigenvalue weighted by atomic mass is 9.93. The van der Waals surface area contributed by atoms with Crippen molar-refractivity contribution >= 4 is 17.1 Å². The quantitative estimate of drug-likeness (QED) is 0.801. The molecule has 0 radical (unpaired) electrons. The van der Waals surface area contributed by atoms with Crippen LogP contribution in [0.1, 0.15) is 28.7 Å². The Bertz CT molecular complexity index is 863. The van der Waals surface area contributed by atoms with E-state index in [2.05, 4.69) is 69.8 Å². The summed E-state index contributed by atoms with van der Waals surface area (Å²) in [5, 5.41) is 10.9. The molecule has 4 rings (SSSR count). The van der Waals surface area contributed by atoms with Gasteiger partial charge in [-0.15, -0.1) is 0 Å². The number of nitrogens with one attached hydrogen (secondary N) is 1. The Morgan fingerprint density at radius 1 is 1.09 bits per heavy atom. The molecule has 2 aromatic carbocycles. The number of fused-ring (bicyclic) bond motifs is 2. The van der Waals surface area contributed by atoms with Crippen LogP contribution in [0.2, 0.25) is 0 Å². The number of hydrogen-bond donors (Lipinski definition) is 1. The highest BCUT2D eigenvalue weighted by molar-refractivity contribution is 5.74.